The molecule has 0 bridgehead atoms. The first kappa shape index (κ1) is 13.5. The van der Waals surface area contributed by atoms with Gasteiger partial charge in [-0.3, -0.25) is 0 Å². The van der Waals surface area contributed by atoms with Crippen molar-refractivity contribution < 1.29 is 0 Å². The van der Waals surface area contributed by atoms with Crippen LogP contribution in [-0.2, 0) is 12.8 Å². The fraction of sp³-hybridized carbons (Fsp3) is 0.647. The summed E-state index contributed by atoms with van der Waals surface area (Å²) < 4.78 is 0. The van der Waals surface area contributed by atoms with Crippen LogP contribution in [0.1, 0.15) is 63.0 Å². The average molecular weight is 245 g/mol. The second kappa shape index (κ2) is 7.45. The number of unbranched alkanes of at least 4 members (excludes halogenated alkanes) is 5. The molecule has 1 nitrogen and oxygen atoms in total. The normalized spacial score (nSPS) is 14.1. The summed E-state index contributed by atoms with van der Waals surface area (Å²) in [5, 5.41) is 3.48. The summed E-state index contributed by atoms with van der Waals surface area (Å²) in [5.74, 6) is 0. The molecular formula is C17H27N. The minimum absolute atomic E-state index is 1.14. The Labute approximate surface area is 112 Å². The summed E-state index contributed by atoms with van der Waals surface area (Å²) in [6.07, 6.45) is 12.2. The third kappa shape index (κ3) is 4.04. The van der Waals surface area contributed by atoms with Crippen LogP contribution in [0.25, 0.3) is 0 Å². The van der Waals surface area contributed by atoms with Crippen LogP contribution in [0.2, 0.25) is 0 Å². The molecule has 1 aromatic rings. The van der Waals surface area contributed by atoms with E-state index in [-0.39, 0.29) is 0 Å². The molecule has 100 valence electrons. The minimum atomic E-state index is 1.14. The number of hydrogen-bond acceptors (Lipinski definition) is 1. The third-order valence-corrected chi connectivity index (χ3v) is 3.93. The van der Waals surface area contributed by atoms with Gasteiger partial charge in [-0.05, 0) is 42.9 Å². The number of hydrogen-bond donors (Lipinski definition) is 1. The van der Waals surface area contributed by atoms with Gasteiger partial charge >= 0.3 is 0 Å². The van der Waals surface area contributed by atoms with Crippen molar-refractivity contribution in [3.63, 3.8) is 0 Å². The van der Waals surface area contributed by atoms with E-state index in [4.69, 9.17) is 0 Å². The third-order valence-electron chi connectivity index (χ3n) is 3.93. The van der Waals surface area contributed by atoms with E-state index in [0.717, 1.165) is 6.54 Å². The van der Waals surface area contributed by atoms with Crippen molar-refractivity contribution in [2.75, 3.05) is 11.9 Å². The van der Waals surface area contributed by atoms with E-state index in [0.29, 0.717) is 0 Å². The van der Waals surface area contributed by atoms with Gasteiger partial charge in [0.15, 0.2) is 0 Å². The highest BCUT2D eigenvalue weighted by Crippen LogP contribution is 2.23. The smallest absolute Gasteiger partial charge is 0.0372 e. The standard InChI is InChI=1S/C17H27N/c1-2-3-4-5-6-7-9-15-11-12-17-16(14-15)10-8-13-18-17/h11-12,14,18H,2-10,13H2,1H3. The van der Waals surface area contributed by atoms with Crippen LogP contribution in [0.5, 0.6) is 0 Å². The largest absolute Gasteiger partial charge is 0.385 e. The predicted octanol–water partition coefficient (Wildman–Crippen LogP) is 4.95. The van der Waals surface area contributed by atoms with Crippen LogP contribution in [-0.4, -0.2) is 6.54 Å². The van der Waals surface area contributed by atoms with E-state index in [2.05, 4.69) is 30.4 Å². The zero-order valence-corrected chi connectivity index (χ0v) is 11.8. The quantitative estimate of drug-likeness (QED) is 0.670. The molecule has 0 saturated heterocycles. The highest BCUT2D eigenvalue weighted by atomic mass is 14.9. The molecule has 0 spiro atoms. The van der Waals surface area contributed by atoms with E-state index < -0.39 is 0 Å². The molecule has 0 atom stereocenters. The lowest BCUT2D eigenvalue weighted by Crippen LogP contribution is -2.11. The highest BCUT2D eigenvalue weighted by Gasteiger charge is 2.08. The van der Waals surface area contributed by atoms with Crippen molar-refractivity contribution in [1.82, 2.24) is 0 Å². The first-order chi connectivity index (χ1) is 8.90. The van der Waals surface area contributed by atoms with Gasteiger partial charge in [0.25, 0.3) is 0 Å². The minimum Gasteiger partial charge on any atom is -0.385 e. The summed E-state index contributed by atoms with van der Waals surface area (Å²) in [6.45, 7) is 3.42. The van der Waals surface area contributed by atoms with Gasteiger partial charge in [0, 0.05) is 12.2 Å². The van der Waals surface area contributed by atoms with Gasteiger partial charge in [-0.2, -0.15) is 0 Å². The van der Waals surface area contributed by atoms with Gasteiger partial charge in [-0.1, -0.05) is 51.2 Å². The van der Waals surface area contributed by atoms with Crippen LogP contribution in [0.4, 0.5) is 5.69 Å². The zero-order valence-electron chi connectivity index (χ0n) is 11.8. The Morgan fingerprint density at radius 2 is 1.89 bits per heavy atom. The van der Waals surface area contributed by atoms with Crippen molar-refractivity contribution in [2.45, 2.75) is 64.7 Å². The SMILES string of the molecule is CCCCCCCCc1ccc2c(c1)CCCN2. The second-order valence-electron chi connectivity index (χ2n) is 5.54. The molecule has 0 unspecified atom stereocenters. The van der Waals surface area contributed by atoms with Crippen molar-refractivity contribution in [3.8, 4) is 0 Å². The Morgan fingerprint density at radius 3 is 2.78 bits per heavy atom. The molecule has 1 aliphatic heterocycles. The first-order valence-electron chi connectivity index (χ1n) is 7.76. The molecular weight excluding hydrogens is 218 g/mol. The molecule has 0 aliphatic carbocycles. The molecule has 0 radical (unpaired) electrons. The maximum Gasteiger partial charge on any atom is 0.0372 e. The van der Waals surface area contributed by atoms with Gasteiger partial charge in [-0.25, -0.2) is 0 Å². The number of nitrogens with one attached hydrogen (secondary N) is 1. The molecule has 1 heterocycles. The van der Waals surface area contributed by atoms with Crippen molar-refractivity contribution in [1.29, 1.82) is 0 Å². The maximum absolute atomic E-state index is 3.48. The highest BCUT2D eigenvalue weighted by molar-refractivity contribution is 5.54. The molecule has 2 rings (SSSR count). The fourth-order valence-corrected chi connectivity index (χ4v) is 2.79. The lowest BCUT2D eigenvalue weighted by molar-refractivity contribution is 0.607. The maximum atomic E-state index is 3.48. The second-order valence-corrected chi connectivity index (χ2v) is 5.54. The van der Waals surface area contributed by atoms with Crippen molar-refractivity contribution in [2.24, 2.45) is 0 Å². The van der Waals surface area contributed by atoms with E-state index in [1.165, 1.54) is 74.6 Å². The molecule has 18 heavy (non-hydrogen) atoms. The van der Waals surface area contributed by atoms with E-state index in [1.54, 1.807) is 0 Å². The summed E-state index contributed by atoms with van der Waals surface area (Å²) >= 11 is 0. The van der Waals surface area contributed by atoms with Crippen LogP contribution in [0.15, 0.2) is 18.2 Å². The van der Waals surface area contributed by atoms with Gasteiger partial charge in [-0.15, -0.1) is 0 Å². The average Bonchev–Trinajstić information content (AvgIpc) is 2.42. The molecule has 0 amide bonds. The summed E-state index contributed by atoms with van der Waals surface area (Å²) in [7, 11) is 0. The predicted molar refractivity (Wildman–Crippen MR) is 80.3 cm³/mol. The summed E-state index contributed by atoms with van der Waals surface area (Å²) in [4.78, 5) is 0. The van der Waals surface area contributed by atoms with E-state index in [1.807, 2.05) is 0 Å². The lowest BCUT2D eigenvalue weighted by Gasteiger charge is -2.18. The number of benzene rings is 1. The van der Waals surface area contributed by atoms with Gasteiger partial charge in [0.1, 0.15) is 0 Å². The Balaban J connectivity index is 1.72. The number of rotatable bonds is 7. The van der Waals surface area contributed by atoms with Gasteiger partial charge in [0.05, 0.1) is 0 Å². The van der Waals surface area contributed by atoms with Gasteiger partial charge in [0.2, 0.25) is 0 Å². The molecule has 0 fully saturated rings. The van der Waals surface area contributed by atoms with Crippen molar-refractivity contribution >= 4 is 5.69 Å². The molecule has 0 saturated carbocycles. The molecule has 1 N–H and O–H groups in total. The van der Waals surface area contributed by atoms with E-state index in [9.17, 15) is 0 Å². The number of anilines is 1. The van der Waals surface area contributed by atoms with Crippen LogP contribution < -0.4 is 5.32 Å². The van der Waals surface area contributed by atoms with Gasteiger partial charge < -0.3 is 5.32 Å². The summed E-state index contributed by atoms with van der Waals surface area (Å²) in [5.41, 5.74) is 4.44. The summed E-state index contributed by atoms with van der Waals surface area (Å²) in [6, 6.07) is 7.01. The Bertz CT molecular complexity index is 357. The zero-order chi connectivity index (χ0) is 12.6. The monoisotopic (exact) mass is 245 g/mol. The van der Waals surface area contributed by atoms with Crippen LogP contribution in [0, 0.1) is 0 Å². The van der Waals surface area contributed by atoms with Crippen LogP contribution >= 0.6 is 0 Å². The number of fused-ring (bicyclic) bond motifs is 1. The lowest BCUT2D eigenvalue weighted by atomic mass is 9.98. The number of aryl methyl sites for hydroxylation is 2. The molecule has 1 heteroatoms. The van der Waals surface area contributed by atoms with Crippen molar-refractivity contribution in [3.05, 3.63) is 29.3 Å². The fourth-order valence-electron chi connectivity index (χ4n) is 2.79. The molecule has 1 aliphatic rings. The van der Waals surface area contributed by atoms with Crippen LogP contribution in [0.3, 0.4) is 0 Å². The Hall–Kier alpha value is -0.980. The Morgan fingerprint density at radius 1 is 1.06 bits per heavy atom. The topological polar surface area (TPSA) is 12.0 Å². The molecule has 1 aromatic carbocycles. The molecule has 0 aromatic heterocycles. The first-order valence-corrected chi connectivity index (χ1v) is 7.76. The van der Waals surface area contributed by atoms with E-state index >= 15 is 0 Å². The Kier molecular flexibility index (Phi) is 5.57.